The lowest BCUT2D eigenvalue weighted by Gasteiger charge is -2.16. The van der Waals surface area contributed by atoms with Crippen molar-refractivity contribution in [2.45, 2.75) is 26.4 Å². The number of ether oxygens (including phenoxy) is 5. The number of hydrogen-bond donors (Lipinski definition) is 0. The molecule has 190 valence electrons. The molecule has 36 heavy (non-hydrogen) atoms. The molecule has 6 nitrogen and oxygen atoms in total. The van der Waals surface area contributed by atoms with Crippen LogP contribution in [0.15, 0.2) is 78.9 Å². The maximum absolute atomic E-state index is 12.1. The van der Waals surface area contributed by atoms with Crippen LogP contribution in [0.2, 0.25) is 0 Å². The summed E-state index contributed by atoms with van der Waals surface area (Å²) in [6, 6.07) is 23.6. The van der Waals surface area contributed by atoms with E-state index in [-0.39, 0.29) is 5.97 Å². The van der Waals surface area contributed by atoms with E-state index in [9.17, 15) is 4.79 Å². The molecule has 0 saturated carbocycles. The summed E-state index contributed by atoms with van der Waals surface area (Å²) in [4.78, 5) is 12.1. The summed E-state index contributed by atoms with van der Waals surface area (Å²) in [7, 11) is 3.31. The molecule has 0 heterocycles. The number of esters is 1. The second-order valence-electron chi connectivity index (χ2n) is 7.93. The topological polar surface area (TPSA) is 63.2 Å². The van der Waals surface area contributed by atoms with Crippen molar-refractivity contribution < 1.29 is 28.5 Å². The van der Waals surface area contributed by atoms with Crippen LogP contribution in [0.5, 0.6) is 17.2 Å². The highest BCUT2D eigenvalue weighted by molar-refractivity contribution is 5.80. The third-order valence-electron chi connectivity index (χ3n) is 5.60. The van der Waals surface area contributed by atoms with Gasteiger partial charge in [0.2, 0.25) is 0 Å². The molecular weight excluding hydrogens is 456 g/mol. The molecule has 0 bridgehead atoms. The van der Waals surface area contributed by atoms with E-state index in [1.807, 2.05) is 79.7 Å². The van der Waals surface area contributed by atoms with Crippen LogP contribution in [0.3, 0.4) is 0 Å². The summed E-state index contributed by atoms with van der Waals surface area (Å²) in [5.41, 5.74) is 4.13. The van der Waals surface area contributed by atoms with E-state index in [0.717, 1.165) is 39.5 Å². The summed E-state index contributed by atoms with van der Waals surface area (Å²) in [6.07, 6.45) is 1.90. The van der Waals surface area contributed by atoms with Crippen LogP contribution in [-0.4, -0.2) is 46.1 Å². The Morgan fingerprint density at radius 1 is 0.750 bits per heavy atom. The standard InChI is InChI=1S/C30H34O6/c1-5-34-29(30(31)35-6-2)21-22-7-13-27(14-8-22)36-20-19-28(23-9-15-25(32-3)16-10-23)24-11-17-26(33-4)18-12-24/h7-19,29H,5-6,20-21H2,1-4H3. The van der Waals surface area contributed by atoms with E-state index in [4.69, 9.17) is 23.7 Å². The third-order valence-corrected chi connectivity index (χ3v) is 5.60. The van der Waals surface area contributed by atoms with E-state index in [1.54, 1.807) is 21.1 Å². The molecule has 3 aromatic carbocycles. The van der Waals surface area contributed by atoms with E-state index in [1.165, 1.54) is 0 Å². The minimum absolute atomic E-state index is 0.331. The fourth-order valence-electron chi connectivity index (χ4n) is 3.75. The largest absolute Gasteiger partial charge is 0.497 e. The molecule has 1 unspecified atom stereocenters. The van der Waals surface area contributed by atoms with Gasteiger partial charge in [0, 0.05) is 13.0 Å². The van der Waals surface area contributed by atoms with Crippen LogP contribution in [0.1, 0.15) is 30.5 Å². The predicted octanol–water partition coefficient (Wildman–Crippen LogP) is 5.73. The lowest BCUT2D eigenvalue weighted by Crippen LogP contribution is -2.28. The van der Waals surface area contributed by atoms with E-state index in [2.05, 4.69) is 6.08 Å². The number of carbonyl (C=O) groups is 1. The average molecular weight is 491 g/mol. The normalized spacial score (nSPS) is 11.3. The Hall–Kier alpha value is -3.77. The number of rotatable bonds is 13. The maximum Gasteiger partial charge on any atom is 0.335 e. The molecule has 3 rings (SSSR count). The van der Waals surface area contributed by atoms with Gasteiger partial charge in [-0.1, -0.05) is 36.4 Å². The van der Waals surface area contributed by atoms with Crippen molar-refractivity contribution in [1.29, 1.82) is 0 Å². The molecular formula is C30H34O6. The molecule has 0 aromatic heterocycles. The highest BCUT2D eigenvalue weighted by Gasteiger charge is 2.20. The first-order valence-corrected chi connectivity index (χ1v) is 12.1. The highest BCUT2D eigenvalue weighted by atomic mass is 16.6. The molecule has 0 spiro atoms. The Kier molecular flexibility index (Phi) is 10.4. The molecule has 0 aliphatic rings. The second-order valence-corrected chi connectivity index (χ2v) is 7.93. The van der Waals surface area contributed by atoms with Crippen LogP contribution >= 0.6 is 0 Å². The molecule has 0 fully saturated rings. The quantitative estimate of drug-likeness (QED) is 0.285. The summed E-state index contributed by atoms with van der Waals surface area (Å²) in [5.74, 6) is 2.01. The van der Waals surface area contributed by atoms with E-state index < -0.39 is 6.10 Å². The van der Waals surface area contributed by atoms with Gasteiger partial charge in [-0.05, 0) is 78.6 Å². The Morgan fingerprint density at radius 3 is 1.75 bits per heavy atom. The zero-order chi connectivity index (χ0) is 25.8. The molecule has 1 atom stereocenters. The SMILES string of the molecule is CCOC(=O)C(Cc1ccc(OCC=C(c2ccc(OC)cc2)c2ccc(OC)cc2)cc1)OCC. The zero-order valence-corrected chi connectivity index (χ0v) is 21.4. The molecule has 0 saturated heterocycles. The van der Waals surface area contributed by atoms with Gasteiger partial charge >= 0.3 is 5.97 Å². The van der Waals surface area contributed by atoms with Crippen molar-refractivity contribution >= 4 is 11.5 Å². The highest BCUT2D eigenvalue weighted by Crippen LogP contribution is 2.27. The number of hydrogen-bond acceptors (Lipinski definition) is 6. The first-order chi connectivity index (χ1) is 17.6. The van der Waals surface area contributed by atoms with Crippen molar-refractivity contribution in [2.24, 2.45) is 0 Å². The summed E-state index contributed by atoms with van der Waals surface area (Å²) < 4.78 is 27.3. The smallest absolute Gasteiger partial charge is 0.335 e. The lowest BCUT2D eigenvalue weighted by molar-refractivity contribution is -0.156. The average Bonchev–Trinajstić information content (AvgIpc) is 2.92. The summed E-state index contributed by atoms with van der Waals surface area (Å²) >= 11 is 0. The number of methoxy groups -OCH3 is 2. The predicted molar refractivity (Wildman–Crippen MR) is 141 cm³/mol. The Balaban J connectivity index is 1.71. The van der Waals surface area contributed by atoms with Crippen molar-refractivity contribution in [2.75, 3.05) is 34.0 Å². The second kappa shape index (κ2) is 14.0. The molecule has 0 aliphatic carbocycles. The van der Waals surface area contributed by atoms with Gasteiger partial charge in [0.1, 0.15) is 23.9 Å². The molecule has 0 N–H and O–H groups in total. The first kappa shape index (κ1) is 26.8. The van der Waals surface area contributed by atoms with Crippen LogP contribution in [0.25, 0.3) is 5.57 Å². The van der Waals surface area contributed by atoms with Gasteiger partial charge in [0.05, 0.1) is 20.8 Å². The molecule has 0 radical (unpaired) electrons. The fraction of sp³-hybridized carbons (Fsp3) is 0.300. The van der Waals surface area contributed by atoms with Crippen LogP contribution in [-0.2, 0) is 20.7 Å². The first-order valence-electron chi connectivity index (χ1n) is 12.1. The minimum atomic E-state index is -0.610. The number of benzene rings is 3. The third kappa shape index (κ3) is 7.62. The molecule has 3 aromatic rings. The number of carbonyl (C=O) groups excluding carboxylic acids is 1. The van der Waals surface area contributed by atoms with Gasteiger partial charge in [-0.15, -0.1) is 0 Å². The maximum atomic E-state index is 12.1. The van der Waals surface area contributed by atoms with E-state index >= 15 is 0 Å². The van der Waals surface area contributed by atoms with Crippen LogP contribution < -0.4 is 14.2 Å². The van der Waals surface area contributed by atoms with Gasteiger partial charge in [-0.2, -0.15) is 0 Å². The van der Waals surface area contributed by atoms with Crippen molar-refractivity contribution in [3.8, 4) is 17.2 Å². The van der Waals surface area contributed by atoms with Gasteiger partial charge < -0.3 is 23.7 Å². The van der Waals surface area contributed by atoms with Gasteiger partial charge in [0.25, 0.3) is 0 Å². The van der Waals surface area contributed by atoms with Crippen molar-refractivity contribution in [1.82, 2.24) is 0 Å². The molecule has 6 heteroatoms. The monoisotopic (exact) mass is 490 g/mol. The van der Waals surface area contributed by atoms with Crippen molar-refractivity contribution in [3.05, 3.63) is 95.6 Å². The molecule has 0 aliphatic heterocycles. The summed E-state index contributed by atoms with van der Waals surface area (Å²) in [5, 5.41) is 0. The Morgan fingerprint density at radius 2 is 1.28 bits per heavy atom. The minimum Gasteiger partial charge on any atom is -0.497 e. The Bertz CT molecular complexity index is 1050. The van der Waals surface area contributed by atoms with Gasteiger partial charge in [0.15, 0.2) is 6.10 Å². The van der Waals surface area contributed by atoms with Gasteiger partial charge in [-0.3, -0.25) is 0 Å². The fourth-order valence-corrected chi connectivity index (χ4v) is 3.75. The van der Waals surface area contributed by atoms with Crippen molar-refractivity contribution in [3.63, 3.8) is 0 Å². The van der Waals surface area contributed by atoms with Crippen LogP contribution in [0.4, 0.5) is 0 Å². The molecule has 0 amide bonds. The summed E-state index contributed by atoms with van der Waals surface area (Å²) in [6.45, 7) is 4.82. The van der Waals surface area contributed by atoms with E-state index in [0.29, 0.717) is 26.2 Å². The van der Waals surface area contributed by atoms with Crippen LogP contribution in [0, 0.1) is 0 Å². The lowest BCUT2D eigenvalue weighted by atomic mass is 9.97. The Labute approximate surface area is 213 Å². The zero-order valence-electron chi connectivity index (χ0n) is 21.4. The van der Waals surface area contributed by atoms with Gasteiger partial charge in [-0.25, -0.2) is 4.79 Å².